The van der Waals surface area contributed by atoms with E-state index in [2.05, 4.69) is 10.1 Å². The summed E-state index contributed by atoms with van der Waals surface area (Å²) < 4.78 is 1.66. The fourth-order valence-electron chi connectivity index (χ4n) is 3.05. The highest BCUT2D eigenvalue weighted by Gasteiger charge is 2.32. The molecule has 2 aromatic carbocycles. The number of rotatable bonds is 5. The van der Waals surface area contributed by atoms with E-state index in [-0.39, 0.29) is 11.7 Å². The van der Waals surface area contributed by atoms with Gasteiger partial charge in [-0.15, -0.1) is 0 Å². The molecule has 3 aromatic rings. The van der Waals surface area contributed by atoms with Gasteiger partial charge in [-0.1, -0.05) is 29.8 Å². The highest BCUT2D eigenvalue weighted by Crippen LogP contribution is 2.36. The monoisotopic (exact) mass is 378 g/mol. The van der Waals surface area contributed by atoms with Crippen molar-refractivity contribution >= 4 is 34.6 Å². The Morgan fingerprint density at radius 2 is 1.85 bits per heavy atom. The van der Waals surface area contributed by atoms with E-state index < -0.39 is 0 Å². The van der Waals surface area contributed by atoms with E-state index in [1.807, 2.05) is 24.3 Å². The van der Waals surface area contributed by atoms with Crippen molar-refractivity contribution < 1.29 is 9.59 Å². The summed E-state index contributed by atoms with van der Waals surface area (Å²) in [6.45, 7) is 0.949. The van der Waals surface area contributed by atoms with Crippen molar-refractivity contribution in [2.45, 2.75) is 6.54 Å². The molecule has 0 aliphatic carbocycles. The first-order valence-corrected chi connectivity index (χ1v) is 8.76. The third-order valence-corrected chi connectivity index (χ3v) is 4.64. The van der Waals surface area contributed by atoms with Crippen LogP contribution in [-0.2, 0) is 11.3 Å². The maximum atomic E-state index is 13.0. The summed E-state index contributed by atoms with van der Waals surface area (Å²) in [5.74, 6) is -0.429. The number of para-hydroxylation sites is 1. The molecule has 134 valence electrons. The first kappa shape index (κ1) is 17.2. The second-order valence-electron chi connectivity index (χ2n) is 6.06. The summed E-state index contributed by atoms with van der Waals surface area (Å²) in [5.41, 5.74) is 2.42. The molecule has 1 amide bonds. The molecule has 0 fully saturated rings. The quantitative estimate of drug-likeness (QED) is 0.505. The van der Waals surface area contributed by atoms with Gasteiger partial charge < -0.3 is 4.90 Å². The Morgan fingerprint density at radius 3 is 2.59 bits per heavy atom. The van der Waals surface area contributed by atoms with Crippen molar-refractivity contribution in [3.63, 3.8) is 0 Å². The zero-order chi connectivity index (χ0) is 18.8. The maximum Gasteiger partial charge on any atom is 0.259 e. The molecule has 1 aromatic heterocycles. The summed E-state index contributed by atoms with van der Waals surface area (Å²) in [6.07, 6.45) is 4.46. The number of allylic oxidation sites excluding steroid dienone is 1. The van der Waals surface area contributed by atoms with E-state index in [1.165, 1.54) is 12.4 Å². The van der Waals surface area contributed by atoms with Gasteiger partial charge in [0.05, 0.1) is 17.8 Å². The fourth-order valence-corrected chi connectivity index (χ4v) is 3.17. The van der Waals surface area contributed by atoms with Gasteiger partial charge in [-0.3, -0.25) is 14.3 Å². The summed E-state index contributed by atoms with van der Waals surface area (Å²) in [7, 11) is 0. The molecule has 7 heteroatoms. The molecule has 4 rings (SSSR count). The van der Waals surface area contributed by atoms with Crippen LogP contribution in [-0.4, -0.2) is 33.0 Å². The molecule has 0 atom stereocenters. The van der Waals surface area contributed by atoms with Gasteiger partial charge in [0, 0.05) is 22.7 Å². The van der Waals surface area contributed by atoms with Crippen molar-refractivity contribution in [3.05, 3.63) is 83.4 Å². The number of fused-ring (bicyclic) bond motifs is 1. The second-order valence-corrected chi connectivity index (χ2v) is 6.50. The van der Waals surface area contributed by atoms with Gasteiger partial charge in [0.1, 0.15) is 12.7 Å². The number of anilines is 1. The van der Waals surface area contributed by atoms with Crippen LogP contribution in [0.1, 0.15) is 15.9 Å². The van der Waals surface area contributed by atoms with Crippen LogP contribution in [0.4, 0.5) is 5.69 Å². The Labute approximate surface area is 160 Å². The van der Waals surface area contributed by atoms with Crippen molar-refractivity contribution in [2.75, 3.05) is 11.4 Å². The Hall–Kier alpha value is -3.25. The molecule has 0 N–H and O–H groups in total. The van der Waals surface area contributed by atoms with Gasteiger partial charge in [-0.25, -0.2) is 4.98 Å². The van der Waals surface area contributed by atoms with Gasteiger partial charge in [0.25, 0.3) is 5.91 Å². The predicted octanol–water partition coefficient (Wildman–Crippen LogP) is 3.24. The van der Waals surface area contributed by atoms with Crippen LogP contribution >= 0.6 is 11.6 Å². The number of hydrogen-bond acceptors (Lipinski definition) is 4. The molecule has 6 nitrogen and oxygen atoms in total. The molecule has 1 aliphatic rings. The van der Waals surface area contributed by atoms with Crippen molar-refractivity contribution in [2.24, 2.45) is 0 Å². The van der Waals surface area contributed by atoms with E-state index >= 15 is 0 Å². The summed E-state index contributed by atoms with van der Waals surface area (Å²) in [5, 5.41) is 4.62. The Kier molecular flexibility index (Phi) is 4.56. The number of carbonyl (C=O) groups is 2. The third-order valence-electron chi connectivity index (χ3n) is 4.38. The van der Waals surface area contributed by atoms with E-state index in [9.17, 15) is 9.59 Å². The Balaban J connectivity index is 1.64. The molecule has 0 saturated heterocycles. The number of ketones is 1. The van der Waals surface area contributed by atoms with E-state index in [4.69, 9.17) is 11.6 Å². The standard InChI is InChI=1S/C20H15ClN4O2/c21-15-7-5-14(6-8-15)19(26)11-17-16-3-1-2-4-18(16)25(20(17)27)10-9-24-13-22-12-23-24/h1-8,11-13H,9-10H2/b17-11-. The summed E-state index contributed by atoms with van der Waals surface area (Å²) in [4.78, 5) is 31.2. The van der Waals surface area contributed by atoms with Gasteiger partial charge >= 0.3 is 0 Å². The third kappa shape index (κ3) is 3.39. The predicted molar refractivity (Wildman–Crippen MR) is 103 cm³/mol. The van der Waals surface area contributed by atoms with Gasteiger partial charge in [-0.05, 0) is 36.4 Å². The number of amides is 1. The minimum absolute atomic E-state index is 0.196. The molecular formula is C20H15ClN4O2. The lowest BCUT2D eigenvalue weighted by Gasteiger charge is -2.16. The lowest BCUT2D eigenvalue weighted by molar-refractivity contribution is -0.113. The molecule has 2 heterocycles. The maximum absolute atomic E-state index is 13.0. The number of hydrogen-bond donors (Lipinski definition) is 0. The Morgan fingerprint density at radius 1 is 1.07 bits per heavy atom. The van der Waals surface area contributed by atoms with Crippen LogP contribution in [0.5, 0.6) is 0 Å². The minimum Gasteiger partial charge on any atom is -0.306 e. The number of benzene rings is 2. The molecule has 1 aliphatic heterocycles. The van der Waals surface area contributed by atoms with Crippen LogP contribution in [0, 0.1) is 0 Å². The van der Waals surface area contributed by atoms with Crippen molar-refractivity contribution in [3.8, 4) is 0 Å². The first-order chi connectivity index (χ1) is 13.1. The van der Waals surface area contributed by atoms with Crippen LogP contribution in [0.2, 0.25) is 5.02 Å². The fraction of sp³-hybridized carbons (Fsp3) is 0.100. The zero-order valence-corrected chi connectivity index (χ0v) is 15.0. The molecule has 0 bridgehead atoms. The van der Waals surface area contributed by atoms with Gasteiger partial charge in [-0.2, -0.15) is 5.10 Å². The van der Waals surface area contributed by atoms with E-state index in [0.29, 0.717) is 29.2 Å². The number of carbonyl (C=O) groups excluding carboxylic acids is 2. The van der Waals surface area contributed by atoms with Crippen LogP contribution < -0.4 is 4.90 Å². The topological polar surface area (TPSA) is 68.1 Å². The number of aromatic nitrogens is 3. The van der Waals surface area contributed by atoms with Gasteiger partial charge in [0.2, 0.25) is 0 Å². The van der Waals surface area contributed by atoms with E-state index in [0.717, 1.165) is 11.3 Å². The highest BCUT2D eigenvalue weighted by molar-refractivity contribution is 6.36. The summed E-state index contributed by atoms with van der Waals surface area (Å²) >= 11 is 5.87. The SMILES string of the molecule is O=C(/C=C1\C(=O)N(CCn2cncn2)c2ccccc21)c1ccc(Cl)cc1. The molecule has 0 unspecified atom stereocenters. The molecule has 0 saturated carbocycles. The largest absolute Gasteiger partial charge is 0.306 e. The first-order valence-electron chi connectivity index (χ1n) is 8.39. The smallest absolute Gasteiger partial charge is 0.259 e. The van der Waals surface area contributed by atoms with Crippen molar-refractivity contribution in [1.82, 2.24) is 14.8 Å². The highest BCUT2D eigenvalue weighted by atomic mass is 35.5. The van der Waals surface area contributed by atoms with Crippen LogP contribution in [0.15, 0.2) is 67.3 Å². The second kappa shape index (κ2) is 7.17. The zero-order valence-electron chi connectivity index (χ0n) is 14.2. The van der Waals surface area contributed by atoms with Crippen LogP contribution in [0.3, 0.4) is 0 Å². The lowest BCUT2D eigenvalue weighted by Crippen LogP contribution is -2.30. The number of nitrogens with zero attached hydrogens (tertiary/aromatic N) is 4. The number of halogens is 1. The Bertz CT molecular complexity index is 1030. The molecular weight excluding hydrogens is 364 g/mol. The summed E-state index contributed by atoms with van der Waals surface area (Å²) in [6, 6.07) is 14.1. The average Bonchev–Trinajstić information content (AvgIpc) is 3.28. The lowest BCUT2D eigenvalue weighted by atomic mass is 10.0. The average molecular weight is 379 g/mol. The van der Waals surface area contributed by atoms with Gasteiger partial charge in [0.15, 0.2) is 5.78 Å². The van der Waals surface area contributed by atoms with Crippen LogP contribution in [0.25, 0.3) is 5.57 Å². The molecule has 27 heavy (non-hydrogen) atoms. The van der Waals surface area contributed by atoms with E-state index in [1.54, 1.807) is 40.2 Å². The molecule has 0 spiro atoms. The minimum atomic E-state index is -0.233. The van der Waals surface area contributed by atoms with Crippen molar-refractivity contribution in [1.29, 1.82) is 0 Å². The molecule has 0 radical (unpaired) electrons. The normalized spacial score (nSPS) is 14.6.